The number of unbranched alkanes of at least 4 members (excludes halogenated alkanes) is 35. The summed E-state index contributed by atoms with van der Waals surface area (Å²) in [5, 5.41) is 0. The smallest absolute Gasteiger partial charge is 0.306 e. The topological polar surface area (TPSA) is 78.9 Å². The monoisotopic (exact) mass is 1150 g/mol. The van der Waals surface area contributed by atoms with Crippen molar-refractivity contribution in [2.75, 3.05) is 13.2 Å². The first-order valence-corrected chi connectivity index (χ1v) is 35.4. The lowest BCUT2D eigenvalue weighted by Gasteiger charge is -2.18. The largest absolute Gasteiger partial charge is 0.462 e. The molecule has 0 aromatic carbocycles. The summed E-state index contributed by atoms with van der Waals surface area (Å²) in [5.41, 5.74) is 0. The molecule has 6 heteroatoms. The molecule has 0 aliphatic carbocycles. The van der Waals surface area contributed by atoms with Crippen molar-refractivity contribution in [3.63, 3.8) is 0 Å². The Morgan fingerprint density at radius 3 is 0.747 bits per heavy atom. The maximum Gasteiger partial charge on any atom is 0.306 e. The minimum Gasteiger partial charge on any atom is -0.462 e. The molecule has 476 valence electrons. The van der Waals surface area contributed by atoms with E-state index in [-0.39, 0.29) is 31.1 Å². The number of ether oxygens (including phenoxy) is 3. The Balaban J connectivity index is 4.35. The normalized spacial score (nSPS) is 12.8. The summed E-state index contributed by atoms with van der Waals surface area (Å²) in [7, 11) is 0. The minimum atomic E-state index is -0.786. The Labute approximate surface area is 514 Å². The average Bonchev–Trinajstić information content (AvgIpc) is 3.49. The summed E-state index contributed by atoms with van der Waals surface area (Å²) >= 11 is 0. The zero-order chi connectivity index (χ0) is 59.9. The van der Waals surface area contributed by atoms with Gasteiger partial charge in [0.25, 0.3) is 0 Å². The van der Waals surface area contributed by atoms with E-state index in [1.54, 1.807) is 0 Å². The van der Waals surface area contributed by atoms with E-state index in [2.05, 4.69) is 130 Å². The highest BCUT2D eigenvalue weighted by Crippen LogP contribution is 2.17. The van der Waals surface area contributed by atoms with Crippen LogP contribution in [-0.2, 0) is 28.6 Å². The van der Waals surface area contributed by atoms with E-state index in [0.29, 0.717) is 19.3 Å². The molecule has 0 fully saturated rings. The molecule has 83 heavy (non-hydrogen) atoms. The molecule has 0 saturated heterocycles. The lowest BCUT2D eigenvalue weighted by molar-refractivity contribution is -0.167. The van der Waals surface area contributed by atoms with Gasteiger partial charge in [-0.05, 0) is 109 Å². The van der Waals surface area contributed by atoms with Crippen LogP contribution in [0.15, 0.2) is 109 Å². The van der Waals surface area contributed by atoms with E-state index in [9.17, 15) is 14.4 Å². The predicted molar refractivity (Wildman–Crippen MR) is 362 cm³/mol. The van der Waals surface area contributed by atoms with E-state index in [1.165, 1.54) is 180 Å². The molecular weight excluding hydrogens is 1020 g/mol. The lowest BCUT2D eigenvalue weighted by atomic mass is 10.0. The van der Waals surface area contributed by atoms with Gasteiger partial charge in [-0.1, -0.05) is 323 Å². The van der Waals surface area contributed by atoms with Gasteiger partial charge < -0.3 is 14.2 Å². The van der Waals surface area contributed by atoms with Gasteiger partial charge in [0.1, 0.15) is 13.2 Å². The van der Waals surface area contributed by atoms with E-state index in [0.717, 1.165) is 122 Å². The van der Waals surface area contributed by atoms with Crippen LogP contribution in [-0.4, -0.2) is 37.2 Å². The first kappa shape index (κ1) is 79.1. The van der Waals surface area contributed by atoms with Gasteiger partial charge in [-0.25, -0.2) is 0 Å². The standard InChI is InChI=1S/C77H132O6/c1-4-7-10-13-16-19-22-25-28-30-32-33-34-35-36-37-38-39-40-41-42-43-45-46-49-52-55-58-61-64-67-70-76(79)82-73-74(72-81-75(78)69-66-63-60-57-54-51-48-27-24-21-18-15-12-9-6-3)83-77(80)71-68-65-62-59-56-53-50-47-44-31-29-26-23-20-17-14-11-8-5-2/h7,10,16,19,25-26,28-29,32-33,35-36,38-39,41-42,45-46,74H,4-6,8-9,11-15,17-18,20-24,27,30-31,34,37,40,43-44,47-73H2,1-3H3/b10-7-,19-16-,28-25-,29-26-,33-32-,36-35-,39-38-,42-41-,46-45-. The number of hydrogen-bond donors (Lipinski definition) is 0. The van der Waals surface area contributed by atoms with E-state index in [1.807, 2.05) is 0 Å². The molecule has 0 aliphatic heterocycles. The molecule has 1 atom stereocenters. The van der Waals surface area contributed by atoms with Crippen LogP contribution in [0, 0.1) is 0 Å². The molecule has 0 aromatic heterocycles. The van der Waals surface area contributed by atoms with Crippen LogP contribution >= 0.6 is 0 Å². The van der Waals surface area contributed by atoms with Gasteiger partial charge in [0.15, 0.2) is 6.10 Å². The number of carbonyl (C=O) groups excluding carboxylic acids is 3. The molecule has 0 rings (SSSR count). The van der Waals surface area contributed by atoms with Crippen molar-refractivity contribution >= 4 is 17.9 Å². The molecule has 0 radical (unpaired) electrons. The van der Waals surface area contributed by atoms with E-state index >= 15 is 0 Å². The molecule has 0 heterocycles. The average molecular weight is 1150 g/mol. The van der Waals surface area contributed by atoms with Crippen molar-refractivity contribution in [1.82, 2.24) is 0 Å². The Kier molecular flexibility index (Phi) is 67.2. The van der Waals surface area contributed by atoms with Crippen molar-refractivity contribution < 1.29 is 28.6 Å². The molecular formula is C77H132O6. The highest BCUT2D eigenvalue weighted by molar-refractivity contribution is 5.71. The molecule has 1 unspecified atom stereocenters. The molecule has 0 spiro atoms. The third kappa shape index (κ3) is 68.7. The second-order valence-corrected chi connectivity index (χ2v) is 23.4. The molecule has 0 N–H and O–H groups in total. The van der Waals surface area contributed by atoms with Crippen molar-refractivity contribution in [1.29, 1.82) is 0 Å². The number of hydrogen-bond acceptors (Lipinski definition) is 6. The van der Waals surface area contributed by atoms with Crippen molar-refractivity contribution in [3.8, 4) is 0 Å². The Morgan fingerprint density at radius 2 is 0.470 bits per heavy atom. The fourth-order valence-corrected chi connectivity index (χ4v) is 9.99. The molecule has 0 aromatic rings. The van der Waals surface area contributed by atoms with Gasteiger partial charge in [0.05, 0.1) is 0 Å². The van der Waals surface area contributed by atoms with Gasteiger partial charge in [-0.2, -0.15) is 0 Å². The maximum absolute atomic E-state index is 13.0. The van der Waals surface area contributed by atoms with Crippen LogP contribution in [0.4, 0.5) is 0 Å². The number of carbonyl (C=O) groups is 3. The molecule has 0 aliphatic rings. The van der Waals surface area contributed by atoms with Gasteiger partial charge in [0, 0.05) is 19.3 Å². The SMILES string of the molecule is CC/C=C\C/C=C\C/C=C\C/C=C\C/C=C\C/C=C\C/C=C\C/C=C\CCCCCCCCC(=O)OCC(COC(=O)CCCCCCCCCCCCCCCCC)OC(=O)CCCCCCCCCCC/C=C\CCCCCCCC. The minimum absolute atomic E-state index is 0.0803. The van der Waals surface area contributed by atoms with Gasteiger partial charge in [-0.15, -0.1) is 0 Å². The van der Waals surface area contributed by atoms with Gasteiger partial charge >= 0.3 is 17.9 Å². The molecule has 0 saturated carbocycles. The number of allylic oxidation sites excluding steroid dienone is 18. The molecule has 0 bridgehead atoms. The highest BCUT2D eigenvalue weighted by Gasteiger charge is 2.19. The molecule has 0 amide bonds. The maximum atomic E-state index is 13.0. The lowest BCUT2D eigenvalue weighted by Crippen LogP contribution is -2.30. The fourth-order valence-electron chi connectivity index (χ4n) is 9.99. The summed E-state index contributed by atoms with van der Waals surface area (Å²) in [6.45, 7) is 6.55. The predicted octanol–water partition coefficient (Wildman–Crippen LogP) is 24.6. The summed E-state index contributed by atoms with van der Waals surface area (Å²) in [5.74, 6) is -0.882. The zero-order valence-corrected chi connectivity index (χ0v) is 54.7. The van der Waals surface area contributed by atoms with E-state index in [4.69, 9.17) is 14.2 Å². The van der Waals surface area contributed by atoms with Crippen molar-refractivity contribution in [2.24, 2.45) is 0 Å². The van der Waals surface area contributed by atoms with Crippen LogP contribution in [0.1, 0.15) is 342 Å². The van der Waals surface area contributed by atoms with Crippen LogP contribution in [0.5, 0.6) is 0 Å². The van der Waals surface area contributed by atoms with Crippen LogP contribution in [0.3, 0.4) is 0 Å². The van der Waals surface area contributed by atoms with Gasteiger partial charge in [0.2, 0.25) is 0 Å². The number of rotatable bonds is 64. The Hall–Kier alpha value is -3.93. The third-order valence-corrected chi connectivity index (χ3v) is 15.3. The van der Waals surface area contributed by atoms with Crippen molar-refractivity contribution in [3.05, 3.63) is 109 Å². The summed E-state index contributed by atoms with van der Waals surface area (Å²) in [6, 6.07) is 0. The Bertz CT molecular complexity index is 1660. The highest BCUT2D eigenvalue weighted by atomic mass is 16.6. The second-order valence-electron chi connectivity index (χ2n) is 23.4. The van der Waals surface area contributed by atoms with Crippen LogP contribution < -0.4 is 0 Å². The van der Waals surface area contributed by atoms with E-state index < -0.39 is 6.10 Å². The molecule has 6 nitrogen and oxygen atoms in total. The van der Waals surface area contributed by atoms with Gasteiger partial charge in [-0.3, -0.25) is 14.4 Å². The van der Waals surface area contributed by atoms with Crippen molar-refractivity contribution in [2.45, 2.75) is 348 Å². The fraction of sp³-hybridized carbons (Fsp3) is 0.727. The third-order valence-electron chi connectivity index (χ3n) is 15.3. The quantitative estimate of drug-likeness (QED) is 0.0261. The second kappa shape index (κ2) is 70.6. The first-order valence-electron chi connectivity index (χ1n) is 35.4. The van der Waals surface area contributed by atoms with Crippen LogP contribution in [0.25, 0.3) is 0 Å². The zero-order valence-electron chi connectivity index (χ0n) is 54.7. The number of esters is 3. The first-order chi connectivity index (χ1) is 41.0. The van der Waals surface area contributed by atoms with Crippen LogP contribution in [0.2, 0.25) is 0 Å². The Morgan fingerprint density at radius 1 is 0.253 bits per heavy atom. The summed E-state index contributed by atoms with van der Waals surface area (Å²) < 4.78 is 17.0. The summed E-state index contributed by atoms with van der Waals surface area (Å²) in [6.07, 6.45) is 96.7. The summed E-state index contributed by atoms with van der Waals surface area (Å²) in [4.78, 5) is 38.4.